The van der Waals surface area contributed by atoms with Gasteiger partial charge in [0, 0.05) is 6.04 Å². The molecule has 0 radical (unpaired) electrons. The maximum absolute atomic E-state index is 11.7. The number of carbonyl (C=O) groups is 1. The van der Waals surface area contributed by atoms with Crippen LogP contribution >= 0.6 is 0 Å². The molecule has 0 heterocycles. The fraction of sp³-hybridized carbons (Fsp3) is 0.588. The minimum absolute atomic E-state index is 0.0681. The molecule has 1 aliphatic rings. The number of primary amides is 1. The topological polar surface area (TPSA) is 64.3 Å². The molecule has 1 amide bonds. The van der Waals surface area contributed by atoms with Crippen molar-refractivity contribution in [1.82, 2.24) is 5.32 Å². The normalized spacial score (nSPS) is 18.1. The zero-order valence-corrected chi connectivity index (χ0v) is 13.4. The van der Waals surface area contributed by atoms with Crippen molar-refractivity contribution in [1.29, 1.82) is 0 Å². The van der Waals surface area contributed by atoms with Crippen molar-refractivity contribution in [2.75, 3.05) is 6.61 Å². The summed E-state index contributed by atoms with van der Waals surface area (Å²) >= 11 is 0. The van der Waals surface area contributed by atoms with E-state index >= 15 is 0 Å². The van der Waals surface area contributed by atoms with Gasteiger partial charge < -0.3 is 10.5 Å². The SMILES string of the molecule is CC(COc1cccc(C(C)(C)C)c1)(NC1CC1)C(N)=O. The van der Waals surface area contributed by atoms with Gasteiger partial charge in [-0.1, -0.05) is 32.9 Å². The summed E-state index contributed by atoms with van der Waals surface area (Å²) in [4.78, 5) is 11.7. The van der Waals surface area contributed by atoms with E-state index in [0.29, 0.717) is 6.04 Å². The summed E-state index contributed by atoms with van der Waals surface area (Å²) in [6, 6.07) is 8.40. The molecule has 1 fully saturated rings. The van der Waals surface area contributed by atoms with Gasteiger partial charge in [-0.3, -0.25) is 10.1 Å². The molecule has 0 saturated heterocycles. The summed E-state index contributed by atoms with van der Waals surface area (Å²) in [6.07, 6.45) is 2.20. The van der Waals surface area contributed by atoms with Crippen molar-refractivity contribution in [2.45, 2.75) is 57.5 Å². The predicted octanol–water partition coefficient (Wildman–Crippen LogP) is 2.36. The van der Waals surface area contributed by atoms with Crippen molar-refractivity contribution in [2.24, 2.45) is 5.73 Å². The summed E-state index contributed by atoms with van der Waals surface area (Å²) in [5.41, 5.74) is 5.98. The highest BCUT2D eigenvalue weighted by Gasteiger charge is 2.37. The van der Waals surface area contributed by atoms with E-state index in [0.717, 1.165) is 18.6 Å². The highest BCUT2D eigenvalue weighted by molar-refractivity contribution is 5.84. The molecule has 1 atom stereocenters. The molecule has 1 aliphatic carbocycles. The Morgan fingerprint density at radius 3 is 2.52 bits per heavy atom. The van der Waals surface area contributed by atoms with Crippen LogP contribution in [0.25, 0.3) is 0 Å². The highest BCUT2D eigenvalue weighted by atomic mass is 16.5. The molecular weight excluding hydrogens is 264 g/mol. The average Bonchev–Trinajstić information content (AvgIpc) is 3.19. The minimum atomic E-state index is -0.821. The standard InChI is InChI=1S/C17H26N2O2/c1-16(2,3)12-6-5-7-14(10-12)21-11-17(4,15(18)20)19-13-8-9-13/h5-7,10,13,19H,8-9,11H2,1-4H3,(H2,18,20). The number of nitrogens with one attached hydrogen (secondary N) is 1. The number of amides is 1. The molecule has 4 heteroatoms. The third-order valence-electron chi connectivity index (χ3n) is 3.87. The molecule has 1 saturated carbocycles. The van der Waals surface area contributed by atoms with Gasteiger partial charge in [-0.05, 0) is 42.9 Å². The average molecular weight is 290 g/mol. The Kier molecular flexibility index (Phi) is 4.28. The molecule has 3 N–H and O–H groups in total. The molecule has 1 unspecified atom stereocenters. The summed E-state index contributed by atoms with van der Waals surface area (Å²) < 4.78 is 5.83. The number of benzene rings is 1. The Morgan fingerprint density at radius 1 is 1.33 bits per heavy atom. The van der Waals surface area contributed by atoms with Crippen LogP contribution in [0.15, 0.2) is 24.3 Å². The number of hydrogen-bond acceptors (Lipinski definition) is 3. The molecular formula is C17H26N2O2. The van der Waals surface area contributed by atoms with E-state index in [9.17, 15) is 4.79 Å². The lowest BCUT2D eigenvalue weighted by molar-refractivity contribution is -0.125. The van der Waals surface area contributed by atoms with E-state index in [1.54, 1.807) is 6.92 Å². The van der Waals surface area contributed by atoms with Crippen LogP contribution in [0.5, 0.6) is 5.75 Å². The van der Waals surface area contributed by atoms with Crippen molar-refractivity contribution in [3.8, 4) is 5.75 Å². The quantitative estimate of drug-likeness (QED) is 0.845. The molecule has 0 bridgehead atoms. The maximum Gasteiger partial charge on any atom is 0.240 e. The first-order chi connectivity index (χ1) is 9.71. The largest absolute Gasteiger partial charge is 0.491 e. The number of hydrogen-bond donors (Lipinski definition) is 2. The first-order valence-corrected chi connectivity index (χ1v) is 7.52. The first-order valence-electron chi connectivity index (χ1n) is 7.52. The molecule has 0 spiro atoms. The number of nitrogens with two attached hydrogens (primary N) is 1. The minimum Gasteiger partial charge on any atom is -0.491 e. The van der Waals surface area contributed by atoms with Gasteiger partial charge in [-0.2, -0.15) is 0 Å². The van der Waals surface area contributed by atoms with Crippen molar-refractivity contribution in [3.63, 3.8) is 0 Å². The zero-order valence-electron chi connectivity index (χ0n) is 13.4. The van der Waals surface area contributed by atoms with Gasteiger partial charge >= 0.3 is 0 Å². The van der Waals surface area contributed by atoms with Gasteiger partial charge in [-0.25, -0.2) is 0 Å². The second-order valence-corrected chi connectivity index (χ2v) is 7.18. The Balaban J connectivity index is 2.05. The van der Waals surface area contributed by atoms with Gasteiger partial charge in [0.05, 0.1) is 0 Å². The van der Waals surface area contributed by atoms with Crippen LogP contribution < -0.4 is 15.8 Å². The van der Waals surface area contributed by atoms with Gasteiger partial charge in [0.1, 0.15) is 17.9 Å². The number of ether oxygens (including phenoxy) is 1. The third kappa shape index (κ3) is 4.21. The molecule has 1 aromatic carbocycles. The lowest BCUT2D eigenvalue weighted by Crippen LogP contribution is -2.57. The lowest BCUT2D eigenvalue weighted by Gasteiger charge is -2.28. The van der Waals surface area contributed by atoms with Gasteiger partial charge in [0.15, 0.2) is 0 Å². The predicted molar refractivity (Wildman–Crippen MR) is 84.4 cm³/mol. The fourth-order valence-corrected chi connectivity index (χ4v) is 2.14. The molecule has 0 aliphatic heterocycles. The second kappa shape index (κ2) is 5.68. The molecule has 0 aromatic heterocycles. The van der Waals surface area contributed by atoms with E-state index in [2.05, 4.69) is 32.2 Å². The van der Waals surface area contributed by atoms with E-state index in [1.807, 2.05) is 18.2 Å². The summed E-state index contributed by atoms with van der Waals surface area (Å²) in [5.74, 6) is 0.397. The van der Waals surface area contributed by atoms with Crippen molar-refractivity contribution < 1.29 is 9.53 Å². The van der Waals surface area contributed by atoms with Gasteiger partial charge in [-0.15, -0.1) is 0 Å². The fourth-order valence-electron chi connectivity index (χ4n) is 2.14. The first kappa shape index (κ1) is 15.8. The molecule has 4 nitrogen and oxygen atoms in total. The van der Waals surface area contributed by atoms with Crippen LogP contribution in [0.3, 0.4) is 0 Å². The van der Waals surface area contributed by atoms with E-state index in [-0.39, 0.29) is 17.9 Å². The van der Waals surface area contributed by atoms with Crippen LogP contribution in [0.1, 0.15) is 46.1 Å². The van der Waals surface area contributed by atoms with Gasteiger partial charge in [0.2, 0.25) is 5.91 Å². The zero-order chi connectivity index (χ0) is 15.7. The molecule has 21 heavy (non-hydrogen) atoms. The van der Waals surface area contributed by atoms with E-state index in [1.165, 1.54) is 5.56 Å². The van der Waals surface area contributed by atoms with Crippen LogP contribution in [0.4, 0.5) is 0 Å². The summed E-state index contributed by atoms with van der Waals surface area (Å²) in [6.45, 7) is 8.53. The second-order valence-electron chi connectivity index (χ2n) is 7.18. The number of rotatable bonds is 6. The monoisotopic (exact) mass is 290 g/mol. The smallest absolute Gasteiger partial charge is 0.240 e. The summed E-state index contributed by atoms with van der Waals surface area (Å²) in [5, 5.41) is 3.28. The molecule has 1 aromatic rings. The van der Waals surface area contributed by atoms with Crippen LogP contribution in [0, 0.1) is 0 Å². The Morgan fingerprint density at radius 2 is 2.00 bits per heavy atom. The molecule has 2 rings (SSSR count). The maximum atomic E-state index is 11.7. The Hall–Kier alpha value is -1.55. The van der Waals surface area contributed by atoms with Crippen LogP contribution in [0.2, 0.25) is 0 Å². The molecule has 116 valence electrons. The van der Waals surface area contributed by atoms with E-state index < -0.39 is 5.54 Å². The lowest BCUT2D eigenvalue weighted by atomic mass is 9.87. The van der Waals surface area contributed by atoms with E-state index in [4.69, 9.17) is 10.5 Å². The van der Waals surface area contributed by atoms with Crippen molar-refractivity contribution in [3.05, 3.63) is 29.8 Å². The van der Waals surface area contributed by atoms with Crippen LogP contribution in [-0.2, 0) is 10.2 Å². The summed E-state index contributed by atoms with van der Waals surface area (Å²) in [7, 11) is 0. The van der Waals surface area contributed by atoms with Crippen molar-refractivity contribution >= 4 is 5.91 Å². The van der Waals surface area contributed by atoms with Gasteiger partial charge in [0.25, 0.3) is 0 Å². The number of carbonyl (C=O) groups excluding carboxylic acids is 1. The Labute approximate surface area is 127 Å². The third-order valence-corrected chi connectivity index (χ3v) is 3.87. The highest BCUT2D eigenvalue weighted by Crippen LogP contribution is 2.27. The Bertz CT molecular complexity index is 518. The van der Waals surface area contributed by atoms with Crippen LogP contribution in [-0.4, -0.2) is 24.1 Å².